The smallest absolute Gasteiger partial charge is 0.0203 e. The second-order valence-corrected chi connectivity index (χ2v) is 3.48. The van der Waals surface area contributed by atoms with Gasteiger partial charge in [0.05, 0.1) is 0 Å². The van der Waals surface area contributed by atoms with E-state index in [2.05, 4.69) is 43.1 Å². The Morgan fingerprint density at radius 2 is 2.08 bits per heavy atom. The number of nitrogens with one attached hydrogen (secondary N) is 1. The van der Waals surface area contributed by atoms with Gasteiger partial charge < -0.3 is 10.2 Å². The highest BCUT2D eigenvalue weighted by atomic mass is 15.1. The predicted octanol–water partition coefficient (Wildman–Crippen LogP) is 1.33. The molecule has 0 aliphatic rings. The SMILES string of the molecule is CC#CCCC(CN(C)C)NCC. The standard InChI is InChI=1S/C11H22N2/c1-5-7-8-9-11(12-6-2)10-13(3)4/h11-12H,6,8-10H2,1-4H3. The summed E-state index contributed by atoms with van der Waals surface area (Å²) in [6.07, 6.45) is 2.15. The zero-order chi connectivity index (χ0) is 10.1. The molecule has 0 aromatic heterocycles. The van der Waals surface area contributed by atoms with Crippen molar-refractivity contribution in [3.63, 3.8) is 0 Å². The van der Waals surface area contributed by atoms with Crippen LogP contribution in [0.15, 0.2) is 0 Å². The topological polar surface area (TPSA) is 15.3 Å². The van der Waals surface area contributed by atoms with Crippen molar-refractivity contribution in [2.45, 2.75) is 32.7 Å². The Balaban J connectivity index is 3.70. The monoisotopic (exact) mass is 182 g/mol. The highest BCUT2D eigenvalue weighted by Gasteiger charge is 2.06. The molecule has 0 aromatic rings. The van der Waals surface area contributed by atoms with Gasteiger partial charge in [-0.2, -0.15) is 0 Å². The van der Waals surface area contributed by atoms with Crippen LogP contribution in [-0.4, -0.2) is 38.1 Å². The third-order valence-electron chi connectivity index (χ3n) is 1.87. The minimum Gasteiger partial charge on any atom is -0.313 e. The van der Waals surface area contributed by atoms with Gasteiger partial charge in [0.15, 0.2) is 0 Å². The Morgan fingerprint density at radius 3 is 2.54 bits per heavy atom. The van der Waals surface area contributed by atoms with Crippen LogP contribution in [0.5, 0.6) is 0 Å². The summed E-state index contributed by atoms with van der Waals surface area (Å²) in [4.78, 5) is 2.21. The van der Waals surface area contributed by atoms with E-state index in [0.29, 0.717) is 6.04 Å². The van der Waals surface area contributed by atoms with Crippen molar-refractivity contribution in [3.8, 4) is 11.8 Å². The highest BCUT2D eigenvalue weighted by Crippen LogP contribution is 1.97. The molecule has 0 spiro atoms. The third-order valence-corrected chi connectivity index (χ3v) is 1.87. The number of rotatable bonds is 6. The molecule has 0 aromatic carbocycles. The fourth-order valence-electron chi connectivity index (χ4n) is 1.36. The molecule has 76 valence electrons. The van der Waals surface area contributed by atoms with Crippen molar-refractivity contribution < 1.29 is 0 Å². The molecule has 0 bridgehead atoms. The van der Waals surface area contributed by atoms with Crippen molar-refractivity contribution >= 4 is 0 Å². The van der Waals surface area contributed by atoms with Crippen molar-refractivity contribution in [1.82, 2.24) is 10.2 Å². The summed E-state index contributed by atoms with van der Waals surface area (Å²) in [7, 11) is 4.21. The lowest BCUT2D eigenvalue weighted by atomic mass is 10.1. The van der Waals surface area contributed by atoms with Crippen LogP contribution < -0.4 is 5.32 Å². The predicted molar refractivity (Wildman–Crippen MR) is 58.7 cm³/mol. The average Bonchev–Trinajstić information content (AvgIpc) is 2.04. The molecule has 0 saturated heterocycles. The van der Waals surface area contributed by atoms with Crippen LogP contribution in [0.1, 0.15) is 26.7 Å². The lowest BCUT2D eigenvalue weighted by molar-refractivity contribution is 0.331. The Kier molecular flexibility index (Phi) is 7.77. The lowest BCUT2D eigenvalue weighted by Gasteiger charge is -2.20. The zero-order valence-corrected chi connectivity index (χ0v) is 9.35. The molecule has 0 aliphatic heterocycles. The van der Waals surface area contributed by atoms with Gasteiger partial charge in [0, 0.05) is 19.0 Å². The first kappa shape index (κ1) is 12.5. The Bertz CT molecular complexity index is 165. The van der Waals surface area contributed by atoms with E-state index in [1.165, 1.54) is 0 Å². The van der Waals surface area contributed by atoms with Crippen LogP contribution in [-0.2, 0) is 0 Å². The number of hydrogen-bond donors (Lipinski definition) is 1. The lowest BCUT2D eigenvalue weighted by Crippen LogP contribution is -2.37. The summed E-state index contributed by atoms with van der Waals surface area (Å²) in [6, 6.07) is 0.584. The van der Waals surface area contributed by atoms with E-state index in [4.69, 9.17) is 0 Å². The summed E-state index contributed by atoms with van der Waals surface area (Å²) < 4.78 is 0. The molecule has 0 aliphatic carbocycles. The Hall–Kier alpha value is -0.520. The molecular weight excluding hydrogens is 160 g/mol. The zero-order valence-electron chi connectivity index (χ0n) is 9.35. The van der Waals surface area contributed by atoms with E-state index >= 15 is 0 Å². The third kappa shape index (κ3) is 7.83. The highest BCUT2D eigenvalue weighted by molar-refractivity contribution is 4.95. The Morgan fingerprint density at radius 1 is 1.38 bits per heavy atom. The number of hydrogen-bond acceptors (Lipinski definition) is 2. The molecule has 0 amide bonds. The first-order chi connectivity index (χ1) is 6.20. The van der Waals surface area contributed by atoms with Crippen molar-refractivity contribution in [1.29, 1.82) is 0 Å². The van der Waals surface area contributed by atoms with E-state index in [0.717, 1.165) is 25.9 Å². The summed E-state index contributed by atoms with van der Waals surface area (Å²) in [5, 5.41) is 3.46. The molecule has 2 nitrogen and oxygen atoms in total. The van der Waals surface area contributed by atoms with Gasteiger partial charge in [0.1, 0.15) is 0 Å². The van der Waals surface area contributed by atoms with Crippen LogP contribution >= 0.6 is 0 Å². The molecule has 0 heterocycles. The first-order valence-electron chi connectivity index (χ1n) is 4.98. The van der Waals surface area contributed by atoms with E-state index in [1.807, 2.05) is 6.92 Å². The van der Waals surface area contributed by atoms with Crippen LogP contribution in [0.2, 0.25) is 0 Å². The number of nitrogens with zero attached hydrogens (tertiary/aromatic N) is 1. The minimum atomic E-state index is 0.584. The second kappa shape index (κ2) is 8.10. The summed E-state index contributed by atoms with van der Waals surface area (Å²) in [6.45, 7) is 6.18. The van der Waals surface area contributed by atoms with Gasteiger partial charge in [0.2, 0.25) is 0 Å². The van der Waals surface area contributed by atoms with E-state index < -0.39 is 0 Å². The normalized spacial score (nSPS) is 12.4. The second-order valence-electron chi connectivity index (χ2n) is 3.48. The van der Waals surface area contributed by atoms with Crippen LogP contribution in [0.4, 0.5) is 0 Å². The van der Waals surface area contributed by atoms with Crippen LogP contribution in [0.3, 0.4) is 0 Å². The molecule has 2 heteroatoms. The molecule has 1 atom stereocenters. The average molecular weight is 182 g/mol. The van der Waals surface area contributed by atoms with E-state index in [-0.39, 0.29) is 0 Å². The maximum absolute atomic E-state index is 3.46. The van der Waals surface area contributed by atoms with E-state index in [1.54, 1.807) is 0 Å². The fourth-order valence-corrected chi connectivity index (χ4v) is 1.36. The van der Waals surface area contributed by atoms with Crippen molar-refractivity contribution in [3.05, 3.63) is 0 Å². The van der Waals surface area contributed by atoms with Gasteiger partial charge in [-0.25, -0.2) is 0 Å². The minimum absolute atomic E-state index is 0.584. The Labute approximate surface area is 82.7 Å². The molecule has 1 N–H and O–H groups in total. The van der Waals surface area contributed by atoms with Gasteiger partial charge in [-0.15, -0.1) is 11.8 Å². The fraction of sp³-hybridized carbons (Fsp3) is 0.818. The van der Waals surface area contributed by atoms with Crippen LogP contribution in [0.25, 0.3) is 0 Å². The number of likely N-dealkylation sites (N-methyl/N-ethyl adjacent to an activating group) is 2. The quantitative estimate of drug-likeness (QED) is 0.623. The first-order valence-corrected chi connectivity index (χ1v) is 4.98. The molecule has 0 saturated carbocycles. The van der Waals surface area contributed by atoms with Crippen molar-refractivity contribution in [2.24, 2.45) is 0 Å². The molecule has 1 unspecified atom stereocenters. The summed E-state index contributed by atoms with van der Waals surface area (Å²) >= 11 is 0. The maximum atomic E-state index is 3.46. The summed E-state index contributed by atoms with van der Waals surface area (Å²) in [5.74, 6) is 6.03. The molecule has 0 rings (SSSR count). The maximum Gasteiger partial charge on any atom is 0.0203 e. The molecular formula is C11H22N2. The van der Waals surface area contributed by atoms with Crippen molar-refractivity contribution in [2.75, 3.05) is 27.2 Å². The van der Waals surface area contributed by atoms with E-state index in [9.17, 15) is 0 Å². The van der Waals surface area contributed by atoms with Gasteiger partial charge in [-0.3, -0.25) is 0 Å². The van der Waals surface area contributed by atoms with Gasteiger partial charge in [-0.1, -0.05) is 6.92 Å². The van der Waals surface area contributed by atoms with Gasteiger partial charge in [0.25, 0.3) is 0 Å². The summed E-state index contributed by atoms with van der Waals surface area (Å²) in [5.41, 5.74) is 0. The largest absolute Gasteiger partial charge is 0.313 e. The molecule has 0 radical (unpaired) electrons. The van der Waals surface area contributed by atoms with Gasteiger partial charge in [-0.05, 0) is 34.0 Å². The molecule has 13 heavy (non-hydrogen) atoms. The van der Waals surface area contributed by atoms with Crippen LogP contribution in [0, 0.1) is 11.8 Å². The molecule has 0 fully saturated rings. The van der Waals surface area contributed by atoms with Gasteiger partial charge >= 0.3 is 0 Å².